The van der Waals surface area contributed by atoms with Crippen molar-refractivity contribution >= 4 is 12.2 Å². The molecule has 0 unspecified atom stereocenters. The second kappa shape index (κ2) is 9.43. The second-order valence-corrected chi connectivity index (χ2v) is 4.82. The van der Waals surface area contributed by atoms with Gasteiger partial charge in [0.05, 0.1) is 6.61 Å². The van der Waals surface area contributed by atoms with Crippen LogP contribution in [-0.4, -0.2) is 6.61 Å². The summed E-state index contributed by atoms with van der Waals surface area (Å²) in [4.78, 5) is 0. The molecule has 19 heavy (non-hydrogen) atoms. The summed E-state index contributed by atoms with van der Waals surface area (Å²) in [5.74, 6) is 0.918. The van der Waals surface area contributed by atoms with Crippen molar-refractivity contribution in [2.75, 3.05) is 6.61 Å². The highest BCUT2D eigenvalue weighted by Crippen LogP contribution is 2.22. The van der Waals surface area contributed by atoms with Crippen molar-refractivity contribution in [3.63, 3.8) is 0 Å². The van der Waals surface area contributed by atoms with Crippen LogP contribution < -0.4 is 4.74 Å². The first-order valence-corrected chi connectivity index (χ1v) is 7.33. The van der Waals surface area contributed by atoms with E-state index in [1.54, 1.807) is 0 Å². The van der Waals surface area contributed by atoms with Crippen molar-refractivity contribution in [2.24, 2.45) is 0 Å². The number of hydrogen-bond donors (Lipinski definition) is 0. The molecule has 0 amide bonds. The number of rotatable bonds is 10. The fourth-order valence-electron chi connectivity index (χ4n) is 2.04. The zero-order valence-corrected chi connectivity index (χ0v) is 12.2. The number of benzene rings is 1. The van der Waals surface area contributed by atoms with E-state index in [1.807, 2.05) is 30.4 Å². The maximum absolute atomic E-state index is 5.86. The van der Waals surface area contributed by atoms with Gasteiger partial charge in [0.2, 0.25) is 0 Å². The Morgan fingerprint density at radius 1 is 1.00 bits per heavy atom. The highest BCUT2D eigenvalue weighted by Gasteiger charge is 2.01. The van der Waals surface area contributed by atoms with Crippen molar-refractivity contribution in [1.82, 2.24) is 0 Å². The van der Waals surface area contributed by atoms with Crippen LogP contribution in [0.25, 0.3) is 12.2 Å². The molecule has 0 saturated carbocycles. The molecule has 0 bridgehead atoms. The van der Waals surface area contributed by atoms with Crippen LogP contribution in [0.15, 0.2) is 31.4 Å². The molecule has 1 nitrogen and oxygen atoms in total. The zero-order chi connectivity index (χ0) is 13.9. The first-order valence-electron chi connectivity index (χ1n) is 7.33. The molecule has 0 spiro atoms. The fraction of sp³-hybridized carbons (Fsp3) is 0.444. The van der Waals surface area contributed by atoms with E-state index in [1.165, 1.54) is 32.1 Å². The minimum atomic E-state index is 0.785. The Morgan fingerprint density at radius 2 is 1.74 bits per heavy atom. The van der Waals surface area contributed by atoms with Gasteiger partial charge < -0.3 is 4.74 Å². The lowest BCUT2D eigenvalue weighted by Crippen LogP contribution is -1.99. The topological polar surface area (TPSA) is 9.23 Å². The molecule has 104 valence electrons. The Kier molecular flexibility index (Phi) is 7.72. The van der Waals surface area contributed by atoms with Gasteiger partial charge in [-0.15, -0.1) is 0 Å². The van der Waals surface area contributed by atoms with Crippen molar-refractivity contribution in [1.29, 1.82) is 0 Å². The number of unbranched alkanes of at least 4 members (excludes halogenated alkanes) is 5. The van der Waals surface area contributed by atoms with Crippen molar-refractivity contribution in [3.05, 3.63) is 42.5 Å². The summed E-state index contributed by atoms with van der Waals surface area (Å²) in [7, 11) is 0. The molecule has 1 aromatic carbocycles. The molecule has 0 aliphatic rings. The highest BCUT2D eigenvalue weighted by molar-refractivity contribution is 5.61. The Labute approximate surface area is 118 Å². The molecule has 0 fully saturated rings. The molecule has 1 heteroatoms. The fourth-order valence-corrected chi connectivity index (χ4v) is 2.04. The van der Waals surface area contributed by atoms with Crippen LogP contribution in [0.4, 0.5) is 0 Å². The minimum absolute atomic E-state index is 0.785. The third-order valence-corrected chi connectivity index (χ3v) is 3.25. The molecule has 0 N–H and O–H groups in total. The van der Waals surface area contributed by atoms with Gasteiger partial charge in [-0.1, -0.05) is 76.5 Å². The minimum Gasteiger partial charge on any atom is -0.493 e. The van der Waals surface area contributed by atoms with Crippen LogP contribution in [0.1, 0.15) is 56.6 Å². The quantitative estimate of drug-likeness (QED) is 0.488. The third-order valence-electron chi connectivity index (χ3n) is 3.25. The molecule has 0 atom stereocenters. The van der Waals surface area contributed by atoms with E-state index in [-0.39, 0.29) is 0 Å². The predicted octanol–water partition coefficient (Wildman–Crippen LogP) is 5.71. The van der Waals surface area contributed by atoms with Crippen LogP contribution >= 0.6 is 0 Å². The van der Waals surface area contributed by atoms with Crippen LogP contribution in [0, 0.1) is 0 Å². The first-order chi connectivity index (χ1) is 9.31. The summed E-state index contributed by atoms with van der Waals surface area (Å²) < 4.78 is 5.86. The Hall–Kier alpha value is -1.50. The number of ether oxygens (including phenoxy) is 1. The smallest absolute Gasteiger partial charge is 0.127 e. The molecule has 0 heterocycles. The van der Waals surface area contributed by atoms with E-state index in [2.05, 4.69) is 20.1 Å². The summed E-state index contributed by atoms with van der Waals surface area (Å²) in [5, 5.41) is 0. The van der Waals surface area contributed by atoms with Gasteiger partial charge in [0.1, 0.15) is 5.75 Å². The molecule has 0 aliphatic heterocycles. The maximum atomic E-state index is 5.86. The van der Waals surface area contributed by atoms with E-state index in [0.717, 1.165) is 29.9 Å². The largest absolute Gasteiger partial charge is 0.493 e. The third kappa shape index (κ3) is 5.78. The first kappa shape index (κ1) is 15.6. The second-order valence-electron chi connectivity index (χ2n) is 4.82. The Balaban J connectivity index is 2.35. The van der Waals surface area contributed by atoms with Gasteiger partial charge in [-0.25, -0.2) is 0 Å². The van der Waals surface area contributed by atoms with E-state index < -0.39 is 0 Å². The van der Waals surface area contributed by atoms with Gasteiger partial charge in [-0.05, 0) is 18.1 Å². The molecular formula is C18H26O. The predicted molar refractivity (Wildman–Crippen MR) is 85.5 cm³/mol. The maximum Gasteiger partial charge on any atom is 0.127 e. The van der Waals surface area contributed by atoms with E-state index in [9.17, 15) is 0 Å². The van der Waals surface area contributed by atoms with Gasteiger partial charge >= 0.3 is 0 Å². The van der Waals surface area contributed by atoms with Gasteiger partial charge in [0.25, 0.3) is 0 Å². The highest BCUT2D eigenvalue weighted by atomic mass is 16.5. The Bertz CT molecular complexity index is 393. The van der Waals surface area contributed by atoms with Gasteiger partial charge in [-0.3, -0.25) is 0 Å². The van der Waals surface area contributed by atoms with E-state index in [0.29, 0.717) is 0 Å². The molecule has 0 aromatic heterocycles. The molecule has 1 rings (SSSR count). The summed E-state index contributed by atoms with van der Waals surface area (Å²) in [6, 6.07) is 6.09. The van der Waals surface area contributed by atoms with Gasteiger partial charge in [-0.2, -0.15) is 0 Å². The monoisotopic (exact) mass is 258 g/mol. The normalized spacial score (nSPS) is 10.2. The van der Waals surface area contributed by atoms with Crippen molar-refractivity contribution < 1.29 is 4.74 Å². The number of hydrogen-bond acceptors (Lipinski definition) is 1. The van der Waals surface area contributed by atoms with Crippen molar-refractivity contribution in [3.8, 4) is 5.75 Å². The van der Waals surface area contributed by atoms with Crippen LogP contribution in [0.3, 0.4) is 0 Å². The van der Waals surface area contributed by atoms with Crippen molar-refractivity contribution in [2.45, 2.75) is 45.4 Å². The molecule has 0 saturated heterocycles. The molecule has 1 aromatic rings. The lowest BCUT2D eigenvalue weighted by molar-refractivity contribution is 0.304. The average molecular weight is 258 g/mol. The van der Waals surface area contributed by atoms with Gasteiger partial charge in [0, 0.05) is 5.56 Å². The summed E-state index contributed by atoms with van der Waals surface area (Å²) in [5.41, 5.74) is 2.14. The molecule has 0 aliphatic carbocycles. The standard InChI is InChI=1S/C18H26O/c1-4-7-8-9-10-11-14-19-18-15-16(5-2)12-13-17(18)6-3/h5-6,12-13,15H,2-4,7-11,14H2,1H3. The molecule has 0 radical (unpaired) electrons. The lowest BCUT2D eigenvalue weighted by Gasteiger charge is -2.10. The SMILES string of the molecule is C=Cc1ccc(C=C)c(OCCCCCCCC)c1. The van der Waals surface area contributed by atoms with Gasteiger partial charge in [0.15, 0.2) is 0 Å². The zero-order valence-electron chi connectivity index (χ0n) is 12.2. The summed E-state index contributed by atoms with van der Waals surface area (Å²) in [6.45, 7) is 10.6. The lowest BCUT2D eigenvalue weighted by atomic mass is 10.1. The van der Waals surface area contributed by atoms with Crippen LogP contribution in [0.2, 0.25) is 0 Å². The average Bonchev–Trinajstić information content (AvgIpc) is 2.46. The van der Waals surface area contributed by atoms with E-state index in [4.69, 9.17) is 4.74 Å². The van der Waals surface area contributed by atoms with Crippen LogP contribution in [-0.2, 0) is 0 Å². The summed E-state index contributed by atoms with van der Waals surface area (Å²) >= 11 is 0. The Morgan fingerprint density at radius 3 is 2.42 bits per heavy atom. The molecular weight excluding hydrogens is 232 g/mol. The summed E-state index contributed by atoms with van der Waals surface area (Å²) in [6.07, 6.45) is 11.4. The van der Waals surface area contributed by atoms with Crippen LogP contribution in [0.5, 0.6) is 5.75 Å². The van der Waals surface area contributed by atoms with E-state index >= 15 is 0 Å².